The smallest absolute Gasteiger partial charge is 0.151 e. The number of nitrogens with zero attached hydrogens (tertiary/aromatic N) is 1. The third-order valence-corrected chi connectivity index (χ3v) is 4.29. The second kappa shape index (κ2) is 4.94. The highest BCUT2D eigenvalue weighted by Gasteiger charge is 2.50. The Labute approximate surface area is 118 Å². The van der Waals surface area contributed by atoms with E-state index in [2.05, 4.69) is 6.07 Å². The Balaban J connectivity index is 2.25. The van der Waals surface area contributed by atoms with E-state index < -0.39 is 11.3 Å². The molecule has 0 radical (unpaired) electrons. The topological polar surface area (TPSA) is 40.9 Å². The van der Waals surface area contributed by atoms with Crippen LogP contribution in [-0.2, 0) is 10.2 Å². The maximum atomic E-state index is 12.1. The second-order valence-corrected chi connectivity index (χ2v) is 5.23. The molecule has 0 N–H and O–H groups in total. The van der Waals surface area contributed by atoms with Crippen molar-refractivity contribution in [2.45, 2.75) is 18.3 Å². The summed E-state index contributed by atoms with van der Waals surface area (Å²) in [4.78, 5) is 12.1. The zero-order valence-electron chi connectivity index (χ0n) is 11.1. The van der Waals surface area contributed by atoms with Crippen molar-refractivity contribution in [1.82, 2.24) is 0 Å². The highest BCUT2D eigenvalue weighted by atomic mass is 16.1. The molecule has 0 heterocycles. The minimum atomic E-state index is -0.590. The molecule has 0 spiro atoms. The first-order chi connectivity index (χ1) is 9.79. The second-order valence-electron chi connectivity index (χ2n) is 5.23. The maximum absolute atomic E-state index is 12.1. The van der Waals surface area contributed by atoms with Gasteiger partial charge in [0.25, 0.3) is 0 Å². The molecular formula is C18H15NO. The number of rotatable bonds is 2. The number of Topliss-reactive ketones (excluding diaryl/α,β-unsaturated/α-hetero) is 1. The van der Waals surface area contributed by atoms with E-state index in [0.29, 0.717) is 12.8 Å². The normalized spacial score (nSPS) is 20.6. The lowest BCUT2D eigenvalue weighted by Gasteiger charge is -2.32. The highest BCUT2D eigenvalue weighted by Crippen LogP contribution is 2.48. The van der Waals surface area contributed by atoms with E-state index in [1.165, 1.54) is 0 Å². The van der Waals surface area contributed by atoms with Crippen LogP contribution in [-0.4, -0.2) is 5.78 Å². The summed E-state index contributed by atoms with van der Waals surface area (Å²) in [6.45, 7) is 0. The minimum absolute atomic E-state index is 0.0557. The Morgan fingerprint density at radius 3 is 1.90 bits per heavy atom. The molecule has 1 unspecified atom stereocenters. The summed E-state index contributed by atoms with van der Waals surface area (Å²) in [5.41, 5.74) is 1.63. The molecule has 0 amide bonds. The molecule has 1 aliphatic carbocycles. The zero-order valence-corrected chi connectivity index (χ0v) is 11.1. The van der Waals surface area contributed by atoms with E-state index in [4.69, 9.17) is 0 Å². The molecule has 0 saturated heterocycles. The van der Waals surface area contributed by atoms with Gasteiger partial charge in [-0.25, -0.2) is 0 Å². The minimum Gasteiger partial charge on any atom is -0.298 e. The first kappa shape index (κ1) is 12.6. The van der Waals surface area contributed by atoms with Gasteiger partial charge in [0, 0.05) is 11.8 Å². The quantitative estimate of drug-likeness (QED) is 0.830. The number of carbonyl (C=O) groups is 1. The predicted octanol–water partition coefficient (Wildman–Crippen LogP) is 3.48. The third kappa shape index (κ3) is 1.75. The lowest BCUT2D eigenvalue weighted by atomic mass is 9.68. The van der Waals surface area contributed by atoms with E-state index >= 15 is 0 Å². The molecule has 0 aliphatic heterocycles. The fourth-order valence-corrected chi connectivity index (χ4v) is 3.33. The SMILES string of the molecule is N#CC1C(=O)CCC1(c1ccccc1)c1ccccc1. The number of hydrogen-bond acceptors (Lipinski definition) is 2. The standard InChI is InChI=1S/C18H15NO/c19-13-16-17(20)11-12-18(16,14-7-3-1-4-8-14)15-9-5-2-6-10-15/h1-10,16H,11-12H2. The van der Waals surface area contributed by atoms with Crippen LogP contribution in [0.3, 0.4) is 0 Å². The van der Waals surface area contributed by atoms with E-state index in [0.717, 1.165) is 11.1 Å². The van der Waals surface area contributed by atoms with Gasteiger partial charge in [0.1, 0.15) is 5.92 Å². The van der Waals surface area contributed by atoms with Crippen LogP contribution in [0.5, 0.6) is 0 Å². The molecular weight excluding hydrogens is 246 g/mol. The Kier molecular flexibility index (Phi) is 3.12. The third-order valence-electron chi connectivity index (χ3n) is 4.29. The van der Waals surface area contributed by atoms with Gasteiger partial charge in [0.2, 0.25) is 0 Å². The van der Waals surface area contributed by atoms with E-state index in [1.807, 2.05) is 60.7 Å². The van der Waals surface area contributed by atoms with Crippen LogP contribution in [0.4, 0.5) is 0 Å². The largest absolute Gasteiger partial charge is 0.298 e. The molecule has 1 saturated carbocycles. The molecule has 3 rings (SSSR count). The molecule has 1 atom stereocenters. The van der Waals surface area contributed by atoms with E-state index in [-0.39, 0.29) is 5.78 Å². The van der Waals surface area contributed by atoms with Gasteiger partial charge < -0.3 is 0 Å². The van der Waals surface area contributed by atoms with Crippen LogP contribution < -0.4 is 0 Å². The Morgan fingerprint density at radius 2 is 1.45 bits per heavy atom. The molecule has 1 fully saturated rings. The van der Waals surface area contributed by atoms with Gasteiger partial charge in [-0.05, 0) is 17.5 Å². The van der Waals surface area contributed by atoms with Crippen LogP contribution in [0.1, 0.15) is 24.0 Å². The molecule has 2 aromatic carbocycles. The Morgan fingerprint density at radius 1 is 0.950 bits per heavy atom. The van der Waals surface area contributed by atoms with Crippen LogP contribution >= 0.6 is 0 Å². The van der Waals surface area contributed by atoms with Crippen molar-refractivity contribution in [2.24, 2.45) is 5.92 Å². The molecule has 2 aromatic rings. The van der Waals surface area contributed by atoms with Crippen LogP contribution in [0.25, 0.3) is 0 Å². The first-order valence-corrected chi connectivity index (χ1v) is 6.82. The van der Waals surface area contributed by atoms with Gasteiger partial charge >= 0.3 is 0 Å². The van der Waals surface area contributed by atoms with Gasteiger partial charge in [-0.1, -0.05) is 60.7 Å². The monoisotopic (exact) mass is 261 g/mol. The van der Waals surface area contributed by atoms with Gasteiger partial charge in [-0.2, -0.15) is 5.26 Å². The lowest BCUT2D eigenvalue weighted by Crippen LogP contribution is -2.33. The van der Waals surface area contributed by atoms with Gasteiger partial charge in [0.05, 0.1) is 6.07 Å². The van der Waals surface area contributed by atoms with Crippen molar-refractivity contribution in [3.8, 4) is 6.07 Å². The molecule has 2 heteroatoms. The molecule has 0 aromatic heterocycles. The Hall–Kier alpha value is -2.40. The summed E-state index contributed by atoms with van der Waals surface area (Å²) in [7, 11) is 0. The first-order valence-electron chi connectivity index (χ1n) is 6.82. The zero-order chi connectivity index (χ0) is 14.0. The van der Waals surface area contributed by atoms with Crippen molar-refractivity contribution >= 4 is 5.78 Å². The molecule has 1 aliphatic rings. The summed E-state index contributed by atoms with van der Waals surface area (Å²) in [5.74, 6) is -0.535. The van der Waals surface area contributed by atoms with Crippen molar-refractivity contribution in [2.75, 3.05) is 0 Å². The highest BCUT2D eigenvalue weighted by molar-refractivity contribution is 5.89. The summed E-state index contributed by atoms with van der Waals surface area (Å²) in [5, 5.41) is 9.52. The van der Waals surface area contributed by atoms with Crippen molar-refractivity contribution in [1.29, 1.82) is 5.26 Å². The summed E-state index contributed by atoms with van der Waals surface area (Å²) < 4.78 is 0. The average Bonchev–Trinajstić information content (AvgIpc) is 2.86. The van der Waals surface area contributed by atoms with Crippen molar-refractivity contribution < 1.29 is 4.79 Å². The Bertz CT molecular complexity index is 615. The number of carbonyl (C=O) groups excluding carboxylic acids is 1. The van der Waals surface area contributed by atoms with Crippen molar-refractivity contribution in [3.05, 3.63) is 71.8 Å². The summed E-state index contributed by atoms with van der Waals surface area (Å²) in [6.07, 6.45) is 1.18. The summed E-state index contributed by atoms with van der Waals surface area (Å²) in [6, 6.07) is 22.1. The average molecular weight is 261 g/mol. The fraction of sp³-hybridized carbons (Fsp3) is 0.222. The predicted molar refractivity (Wildman–Crippen MR) is 77.0 cm³/mol. The van der Waals surface area contributed by atoms with Gasteiger partial charge in [0.15, 0.2) is 5.78 Å². The molecule has 0 bridgehead atoms. The van der Waals surface area contributed by atoms with Crippen LogP contribution in [0.2, 0.25) is 0 Å². The number of hydrogen-bond donors (Lipinski definition) is 0. The lowest BCUT2D eigenvalue weighted by molar-refractivity contribution is -0.119. The summed E-state index contributed by atoms with van der Waals surface area (Å²) >= 11 is 0. The maximum Gasteiger partial charge on any atom is 0.151 e. The fourth-order valence-electron chi connectivity index (χ4n) is 3.33. The molecule has 20 heavy (non-hydrogen) atoms. The molecule has 98 valence electrons. The van der Waals surface area contributed by atoms with E-state index in [9.17, 15) is 10.1 Å². The molecule has 2 nitrogen and oxygen atoms in total. The van der Waals surface area contributed by atoms with Crippen molar-refractivity contribution in [3.63, 3.8) is 0 Å². The van der Waals surface area contributed by atoms with Gasteiger partial charge in [-0.15, -0.1) is 0 Å². The van der Waals surface area contributed by atoms with E-state index in [1.54, 1.807) is 0 Å². The number of benzene rings is 2. The van der Waals surface area contributed by atoms with Gasteiger partial charge in [-0.3, -0.25) is 4.79 Å². The number of ketones is 1. The van der Waals surface area contributed by atoms with Crippen LogP contribution in [0.15, 0.2) is 60.7 Å². The number of nitriles is 1. The van der Waals surface area contributed by atoms with Crippen LogP contribution in [0, 0.1) is 17.2 Å².